The van der Waals surface area contributed by atoms with Gasteiger partial charge in [0.15, 0.2) is 5.78 Å². The molecule has 2 heterocycles. The molecule has 2 amide bonds. The second kappa shape index (κ2) is 11.8. The first-order valence-electron chi connectivity index (χ1n) is 14.7. The zero-order valence-corrected chi connectivity index (χ0v) is 24.5. The van der Waals surface area contributed by atoms with E-state index < -0.39 is 17.3 Å². The predicted octanol–water partition coefficient (Wildman–Crippen LogP) is 7.65. The fourth-order valence-corrected chi connectivity index (χ4v) is 6.05. The van der Waals surface area contributed by atoms with Crippen LogP contribution in [0.1, 0.15) is 72.6 Å². The maximum absolute atomic E-state index is 13.7. The Kier molecular flexibility index (Phi) is 8.35. The SMILES string of the molecule is CC(C)(C)NC(=O)N1CCc2c(-c3cccc(C(F)(F)F)c3)ccc(C(=O)CCCN3CCCc4ccccc43)c2C1. The number of hydrogen-bond acceptors (Lipinski definition) is 3. The molecule has 2 aliphatic rings. The molecule has 1 N–H and O–H groups in total. The van der Waals surface area contributed by atoms with Gasteiger partial charge in [-0.2, -0.15) is 13.2 Å². The van der Waals surface area contributed by atoms with E-state index >= 15 is 0 Å². The molecule has 0 radical (unpaired) electrons. The van der Waals surface area contributed by atoms with Crippen molar-refractivity contribution in [3.8, 4) is 11.1 Å². The van der Waals surface area contributed by atoms with E-state index in [9.17, 15) is 22.8 Å². The van der Waals surface area contributed by atoms with Crippen molar-refractivity contribution in [2.24, 2.45) is 0 Å². The van der Waals surface area contributed by atoms with E-state index in [1.54, 1.807) is 23.1 Å². The number of urea groups is 1. The van der Waals surface area contributed by atoms with Gasteiger partial charge in [0.05, 0.1) is 5.56 Å². The van der Waals surface area contributed by atoms with Crippen LogP contribution >= 0.6 is 0 Å². The minimum atomic E-state index is -4.46. The average Bonchev–Trinajstić information content (AvgIpc) is 2.95. The van der Waals surface area contributed by atoms with Gasteiger partial charge in [-0.05, 0) is 92.5 Å². The lowest BCUT2D eigenvalue weighted by Gasteiger charge is -2.34. The summed E-state index contributed by atoms with van der Waals surface area (Å²) in [6.07, 6.45) is -0.822. The summed E-state index contributed by atoms with van der Waals surface area (Å²) in [5.74, 6) is -0.00906. The van der Waals surface area contributed by atoms with Gasteiger partial charge in [0.25, 0.3) is 0 Å². The van der Waals surface area contributed by atoms with E-state index in [0.717, 1.165) is 49.2 Å². The summed E-state index contributed by atoms with van der Waals surface area (Å²) < 4.78 is 40.5. The molecule has 3 aromatic rings. The van der Waals surface area contributed by atoms with Gasteiger partial charge >= 0.3 is 12.2 Å². The summed E-state index contributed by atoms with van der Waals surface area (Å²) in [4.78, 5) is 30.7. The van der Waals surface area contributed by atoms with Crippen LogP contribution < -0.4 is 10.2 Å². The van der Waals surface area contributed by atoms with Gasteiger partial charge in [0, 0.05) is 49.4 Å². The normalized spacial score (nSPS) is 15.2. The third-order valence-electron chi connectivity index (χ3n) is 8.02. The fourth-order valence-electron chi connectivity index (χ4n) is 6.05. The lowest BCUT2D eigenvalue weighted by atomic mass is 9.85. The number of halogens is 3. The molecule has 0 saturated heterocycles. The van der Waals surface area contributed by atoms with Crippen molar-refractivity contribution in [1.82, 2.24) is 10.2 Å². The molecule has 3 aromatic carbocycles. The summed E-state index contributed by atoms with van der Waals surface area (Å²) in [6, 6.07) is 17.0. The molecule has 5 rings (SSSR count). The smallest absolute Gasteiger partial charge is 0.371 e. The van der Waals surface area contributed by atoms with Crippen LogP contribution in [0, 0.1) is 0 Å². The van der Waals surface area contributed by atoms with Crippen molar-refractivity contribution >= 4 is 17.5 Å². The van der Waals surface area contributed by atoms with Gasteiger partial charge in [0.1, 0.15) is 0 Å². The quantitative estimate of drug-likeness (QED) is 0.306. The monoisotopic (exact) mass is 577 g/mol. The molecule has 0 spiro atoms. The summed E-state index contributed by atoms with van der Waals surface area (Å²) >= 11 is 0. The van der Waals surface area contributed by atoms with Gasteiger partial charge < -0.3 is 15.1 Å². The van der Waals surface area contributed by atoms with Crippen molar-refractivity contribution in [2.45, 2.75) is 71.1 Å². The highest BCUT2D eigenvalue weighted by molar-refractivity contribution is 5.99. The Bertz CT molecular complexity index is 1480. The van der Waals surface area contributed by atoms with Crippen LogP contribution in [-0.2, 0) is 25.6 Å². The van der Waals surface area contributed by atoms with E-state index in [0.29, 0.717) is 42.5 Å². The lowest BCUT2D eigenvalue weighted by Crippen LogP contribution is -2.50. The number of rotatable bonds is 6. The van der Waals surface area contributed by atoms with Crippen molar-refractivity contribution in [2.75, 3.05) is 24.5 Å². The van der Waals surface area contributed by atoms with Crippen LogP contribution in [0.5, 0.6) is 0 Å². The second-order valence-electron chi connectivity index (χ2n) is 12.3. The molecule has 0 atom stereocenters. The fraction of sp³-hybridized carbons (Fsp3) is 0.412. The number of ketones is 1. The first-order valence-corrected chi connectivity index (χ1v) is 14.7. The molecule has 0 aliphatic carbocycles. The predicted molar refractivity (Wildman–Crippen MR) is 160 cm³/mol. The van der Waals surface area contributed by atoms with Crippen LogP contribution in [0.25, 0.3) is 11.1 Å². The van der Waals surface area contributed by atoms with Crippen LogP contribution in [-0.4, -0.2) is 41.9 Å². The third-order valence-corrected chi connectivity index (χ3v) is 8.02. The molecular weight excluding hydrogens is 539 g/mol. The van der Waals surface area contributed by atoms with Crippen LogP contribution in [0.15, 0.2) is 60.7 Å². The lowest BCUT2D eigenvalue weighted by molar-refractivity contribution is -0.137. The zero-order valence-electron chi connectivity index (χ0n) is 24.5. The number of carbonyl (C=O) groups is 2. The van der Waals surface area contributed by atoms with E-state index in [1.165, 1.54) is 17.3 Å². The Morgan fingerprint density at radius 2 is 1.69 bits per heavy atom. The molecule has 2 aliphatic heterocycles. The molecule has 0 unspecified atom stereocenters. The molecule has 0 fully saturated rings. The van der Waals surface area contributed by atoms with Gasteiger partial charge in [-0.15, -0.1) is 0 Å². The molecule has 5 nitrogen and oxygen atoms in total. The Morgan fingerprint density at radius 3 is 2.45 bits per heavy atom. The van der Waals surface area contributed by atoms with E-state index in [-0.39, 0.29) is 18.4 Å². The first-order chi connectivity index (χ1) is 19.9. The number of amides is 2. The number of carbonyl (C=O) groups excluding carboxylic acids is 2. The number of alkyl halides is 3. The van der Waals surface area contributed by atoms with Crippen LogP contribution in [0.2, 0.25) is 0 Å². The van der Waals surface area contributed by atoms with Gasteiger partial charge in [0.2, 0.25) is 0 Å². The maximum atomic E-state index is 13.7. The van der Waals surface area contributed by atoms with Gasteiger partial charge in [-0.1, -0.05) is 42.5 Å². The van der Waals surface area contributed by atoms with Crippen LogP contribution in [0.4, 0.5) is 23.7 Å². The summed E-state index contributed by atoms with van der Waals surface area (Å²) in [5.41, 5.74) is 4.68. The first kappa shape index (κ1) is 29.7. The highest BCUT2D eigenvalue weighted by Gasteiger charge is 2.32. The van der Waals surface area contributed by atoms with E-state index in [1.807, 2.05) is 26.8 Å². The third kappa shape index (κ3) is 6.63. The number of anilines is 1. The van der Waals surface area contributed by atoms with E-state index in [2.05, 4.69) is 28.4 Å². The zero-order chi connectivity index (χ0) is 30.1. The highest BCUT2D eigenvalue weighted by atomic mass is 19.4. The Balaban J connectivity index is 1.41. The van der Waals surface area contributed by atoms with Crippen LogP contribution in [0.3, 0.4) is 0 Å². The summed E-state index contributed by atoms with van der Waals surface area (Å²) in [7, 11) is 0. The molecule has 0 aromatic heterocycles. The molecule has 0 saturated carbocycles. The van der Waals surface area contributed by atoms with Gasteiger partial charge in [-0.3, -0.25) is 4.79 Å². The highest BCUT2D eigenvalue weighted by Crippen LogP contribution is 2.37. The molecule has 8 heteroatoms. The number of nitrogens with one attached hydrogen (secondary N) is 1. The average molecular weight is 578 g/mol. The van der Waals surface area contributed by atoms with Gasteiger partial charge in [-0.25, -0.2) is 4.79 Å². The standard InChI is InChI=1S/C34H38F3N3O2/c1-33(2,3)38-32(42)40-20-17-27-26(24-10-6-12-25(21-24)34(35,36)37)15-16-28(29(27)22-40)31(41)14-8-19-39-18-7-11-23-9-4-5-13-30(23)39/h4-6,9-10,12-13,15-16,21H,7-8,11,14,17-20,22H2,1-3H3,(H,38,42). The largest absolute Gasteiger partial charge is 0.416 e. The minimum absolute atomic E-state index is 0.00906. The number of nitrogens with zero attached hydrogens (tertiary/aromatic N) is 2. The molecule has 42 heavy (non-hydrogen) atoms. The van der Waals surface area contributed by atoms with Crippen molar-refractivity contribution in [1.29, 1.82) is 0 Å². The Labute approximate surface area is 245 Å². The Hall–Kier alpha value is -3.81. The number of aryl methyl sites for hydroxylation is 1. The molecule has 0 bridgehead atoms. The number of para-hydroxylation sites is 1. The minimum Gasteiger partial charge on any atom is -0.371 e. The summed E-state index contributed by atoms with van der Waals surface area (Å²) in [6.45, 7) is 8.09. The number of fused-ring (bicyclic) bond motifs is 2. The van der Waals surface area contributed by atoms with Crippen molar-refractivity contribution in [3.05, 3.63) is 88.5 Å². The molecule has 222 valence electrons. The van der Waals surface area contributed by atoms with Crippen molar-refractivity contribution < 1.29 is 22.8 Å². The Morgan fingerprint density at radius 1 is 0.905 bits per heavy atom. The summed E-state index contributed by atoms with van der Waals surface area (Å²) in [5, 5.41) is 2.99. The maximum Gasteiger partial charge on any atom is 0.416 e. The molecular formula is C34H38F3N3O2. The second-order valence-corrected chi connectivity index (χ2v) is 12.3. The number of benzene rings is 3. The number of hydrogen-bond donors (Lipinski definition) is 1. The van der Waals surface area contributed by atoms with E-state index in [4.69, 9.17) is 0 Å². The number of Topliss-reactive ketones (excluding diaryl/α,β-unsaturated/α-hetero) is 1. The van der Waals surface area contributed by atoms with Crippen molar-refractivity contribution in [3.63, 3.8) is 0 Å². The topological polar surface area (TPSA) is 52.7 Å².